The second-order valence-corrected chi connectivity index (χ2v) is 4.73. The lowest BCUT2D eigenvalue weighted by atomic mass is 10.3. The molecule has 0 aliphatic carbocycles. The Balaban J connectivity index is 0.000000494. The van der Waals surface area contributed by atoms with Crippen molar-refractivity contribution in [1.29, 1.82) is 0 Å². The molecule has 2 nitrogen and oxygen atoms in total. The molecule has 1 aliphatic rings. The number of hydrogen-bond acceptors (Lipinski definition) is 1. The van der Waals surface area contributed by atoms with Gasteiger partial charge in [-0.2, -0.15) is 0 Å². The third-order valence-corrected chi connectivity index (χ3v) is 2.94. The number of rotatable bonds is 6. The van der Waals surface area contributed by atoms with Gasteiger partial charge in [-0.15, -0.1) is 0 Å². The molecule has 1 N–H and O–H groups in total. The van der Waals surface area contributed by atoms with E-state index in [2.05, 4.69) is 18.7 Å². The van der Waals surface area contributed by atoms with Gasteiger partial charge in [0.05, 0.1) is 19.6 Å². The van der Waals surface area contributed by atoms with Gasteiger partial charge >= 0.3 is 7.25 Å². The Morgan fingerprint density at radius 3 is 2.11 bits per heavy atom. The molecule has 0 aromatic heterocycles. The Hall–Kier alpha value is -0.295. The van der Waals surface area contributed by atoms with E-state index >= 15 is 0 Å². The van der Waals surface area contributed by atoms with Gasteiger partial charge in [0, 0.05) is 6.54 Å². The fourth-order valence-electron chi connectivity index (χ4n) is 1.99. The maximum atomic E-state index is 9.75. The summed E-state index contributed by atoms with van der Waals surface area (Å²) in [6.45, 7) is 11.3. The number of nitrogens with zero attached hydrogens (tertiary/aromatic N) is 1. The van der Waals surface area contributed by atoms with Crippen LogP contribution in [0.3, 0.4) is 0 Å². The molecule has 0 aromatic carbocycles. The van der Waals surface area contributed by atoms with Crippen LogP contribution in [0.4, 0.5) is 17.3 Å². The Labute approximate surface area is 107 Å². The maximum Gasteiger partial charge on any atom is 0.673 e. The summed E-state index contributed by atoms with van der Waals surface area (Å²) in [5.41, 5.74) is 0. The normalized spacial score (nSPS) is 20.7. The van der Waals surface area contributed by atoms with Gasteiger partial charge in [0.25, 0.3) is 0 Å². The third-order valence-electron chi connectivity index (χ3n) is 2.94. The highest BCUT2D eigenvalue weighted by atomic mass is 19.5. The second kappa shape index (κ2) is 9.61. The van der Waals surface area contributed by atoms with E-state index in [4.69, 9.17) is 0 Å². The monoisotopic (exact) mass is 272 g/mol. The molecule has 1 atom stereocenters. The van der Waals surface area contributed by atoms with Gasteiger partial charge in [-0.05, 0) is 12.8 Å². The van der Waals surface area contributed by atoms with Crippen LogP contribution in [0.25, 0.3) is 0 Å². The first-order chi connectivity index (χ1) is 8.36. The molecule has 0 bridgehead atoms. The van der Waals surface area contributed by atoms with Gasteiger partial charge in [0.1, 0.15) is 6.67 Å². The lowest BCUT2D eigenvalue weighted by Crippen LogP contribution is -3.10. The van der Waals surface area contributed by atoms with Crippen LogP contribution in [0.5, 0.6) is 0 Å². The molecule has 1 saturated heterocycles. The van der Waals surface area contributed by atoms with E-state index in [0.717, 1.165) is 0 Å². The first-order valence-corrected chi connectivity index (χ1v) is 6.80. The van der Waals surface area contributed by atoms with Crippen molar-refractivity contribution in [2.45, 2.75) is 39.5 Å². The van der Waals surface area contributed by atoms with Crippen molar-refractivity contribution in [3.63, 3.8) is 0 Å². The van der Waals surface area contributed by atoms with E-state index in [1.54, 1.807) is 4.90 Å². The number of unbranched alkanes of at least 4 members (excludes halogenated alkanes) is 2. The quantitative estimate of drug-likeness (QED) is 0.574. The SMILES string of the molecule is CCCCN1CC[NH+](CCCC)C1.F[B-](F)(F)F. The molecule has 1 heterocycles. The molecule has 1 unspecified atom stereocenters. The minimum atomic E-state index is -6.00. The molecule has 0 spiro atoms. The number of nitrogens with one attached hydrogen (secondary N) is 1. The van der Waals surface area contributed by atoms with Crippen LogP contribution in [0.1, 0.15) is 39.5 Å². The van der Waals surface area contributed by atoms with Gasteiger partial charge in [-0.3, -0.25) is 4.90 Å². The van der Waals surface area contributed by atoms with Crippen molar-refractivity contribution >= 4 is 7.25 Å². The molecular formula is C11H25BF4N2. The lowest BCUT2D eigenvalue weighted by molar-refractivity contribution is -0.892. The predicted molar refractivity (Wildman–Crippen MR) is 67.1 cm³/mol. The van der Waals surface area contributed by atoms with Crippen LogP contribution in [-0.4, -0.2) is 45.0 Å². The van der Waals surface area contributed by atoms with E-state index in [9.17, 15) is 17.3 Å². The van der Waals surface area contributed by atoms with Crippen LogP contribution < -0.4 is 4.90 Å². The molecule has 1 fully saturated rings. The van der Waals surface area contributed by atoms with E-state index < -0.39 is 7.25 Å². The van der Waals surface area contributed by atoms with Crippen LogP contribution in [0.2, 0.25) is 0 Å². The highest BCUT2D eigenvalue weighted by molar-refractivity contribution is 6.50. The topological polar surface area (TPSA) is 7.68 Å². The Bertz CT molecular complexity index is 182. The van der Waals surface area contributed by atoms with Gasteiger partial charge in [-0.1, -0.05) is 26.7 Å². The van der Waals surface area contributed by atoms with Crippen molar-refractivity contribution in [1.82, 2.24) is 4.90 Å². The minimum absolute atomic E-state index is 1.31. The first-order valence-electron chi connectivity index (χ1n) is 6.80. The highest BCUT2D eigenvalue weighted by Crippen LogP contribution is 2.06. The van der Waals surface area contributed by atoms with Crippen LogP contribution >= 0.6 is 0 Å². The fraction of sp³-hybridized carbons (Fsp3) is 1.00. The molecule has 1 rings (SSSR count). The van der Waals surface area contributed by atoms with Crippen LogP contribution in [0, 0.1) is 0 Å². The summed E-state index contributed by atoms with van der Waals surface area (Å²) in [7, 11) is -6.00. The standard InChI is InChI=1S/C11H24N2.BF4/c1-3-5-7-12-9-10-13(11-12)8-6-4-2;2-1(3,4)5/h3-11H2,1-2H3;/q;-1/p+1. The van der Waals surface area contributed by atoms with Crippen LogP contribution in [-0.2, 0) is 0 Å². The summed E-state index contributed by atoms with van der Waals surface area (Å²) in [4.78, 5) is 4.42. The van der Waals surface area contributed by atoms with E-state index in [-0.39, 0.29) is 0 Å². The number of hydrogen-bond donors (Lipinski definition) is 1. The molecule has 18 heavy (non-hydrogen) atoms. The maximum absolute atomic E-state index is 9.75. The predicted octanol–water partition coefficient (Wildman–Crippen LogP) is 2.04. The van der Waals surface area contributed by atoms with Crippen molar-refractivity contribution in [3.8, 4) is 0 Å². The Morgan fingerprint density at radius 2 is 1.61 bits per heavy atom. The van der Waals surface area contributed by atoms with Crippen molar-refractivity contribution in [2.24, 2.45) is 0 Å². The molecule has 1 aliphatic heterocycles. The summed E-state index contributed by atoms with van der Waals surface area (Å²) >= 11 is 0. The van der Waals surface area contributed by atoms with Gasteiger partial charge in [0.15, 0.2) is 0 Å². The Morgan fingerprint density at radius 1 is 1.06 bits per heavy atom. The summed E-state index contributed by atoms with van der Waals surface area (Å²) in [5.74, 6) is 0. The summed E-state index contributed by atoms with van der Waals surface area (Å²) in [6, 6.07) is 0. The van der Waals surface area contributed by atoms with Gasteiger partial charge < -0.3 is 22.2 Å². The summed E-state index contributed by atoms with van der Waals surface area (Å²) in [5, 5.41) is 0. The highest BCUT2D eigenvalue weighted by Gasteiger charge is 2.21. The largest absolute Gasteiger partial charge is 0.673 e. The van der Waals surface area contributed by atoms with Crippen LogP contribution in [0.15, 0.2) is 0 Å². The average molecular weight is 272 g/mol. The van der Waals surface area contributed by atoms with Crippen molar-refractivity contribution < 1.29 is 22.2 Å². The molecule has 0 amide bonds. The molecule has 7 heteroatoms. The molecule has 0 radical (unpaired) electrons. The summed E-state index contributed by atoms with van der Waals surface area (Å²) < 4.78 is 39.0. The minimum Gasteiger partial charge on any atom is -0.418 e. The number of quaternary nitrogens is 1. The van der Waals surface area contributed by atoms with E-state index in [1.807, 2.05) is 0 Å². The third kappa shape index (κ3) is 12.2. The molecule has 0 aromatic rings. The van der Waals surface area contributed by atoms with Crippen molar-refractivity contribution in [2.75, 3.05) is 32.8 Å². The zero-order chi connectivity index (χ0) is 14.0. The zero-order valence-electron chi connectivity index (χ0n) is 11.4. The second-order valence-electron chi connectivity index (χ2n) is 4.73. The molecular weight excluding hydrogens is 247 g/mol. The smallest absolute Gasteiger partial charge is 0.418 e. The number of halogens is 4. The molecule has 110 valence electrons. The summed E-state index contributed by atoms with van der Waals surface area (Å²) in [6.07, 6.45) is 5.46. The average Bonchev–Trinajstić information content (AvgIpc) is 2.69. The first kappa shape index (κ1) is 17.7. The van der Waals surface area contributed by atoms with Gasteiger partial charge in [0.2, 0.25) is 0 Å². The van der Waals surface area contributed by atoms with E-state index in [0.29, 0.717) is 0 Å². The van der Waals surface area contributed by atoms with E-state index in [1.165, 1.54) is 58.5 Å². The lowest BCUT2D eigenvalue weighted by Gasteiger charge is -2.14. The zero-order valence-corrected chi connectivity index (χ0v) is 11.4. The van der Waals surface area contributed by atoms with Gasteiger partial charge in [-0.25, -0.2) is 0 Å². The fourth-order valence-corrected chi connectivity index (χ4v) is 1.99. The van der Waals surface area contributed by atoms with Crippen molar-refractivity contribution in [3.05, 3.63) is 0 Å². The Kier molecular flexibility index (Phi) is 9.45. The molecule has 0 saturated carbocycles.